The molecule has 150 valence electrons. The van der Waals surface area contributed by atoms with Crippen LogP contribution in [0.2, 0.25) is 0 Å². The number of rotatable bonds is 10. The van der Waals surface area contributed by atoms with Gasteiger partial charge in [0.15, 0.2) is 0 Å². The zero-order valence-electron chi connectivity index (χ0n) is 16.7. The van der Waals surface area contributed by atoms with Gasteiger partial charge in [-0.15, -0.1) is 0 Å². The Morgan fingerprint density at radius 1 is 0.929 bits per heavy atom. The number of benzene rings is 2. The lowest BCUT2D eigenvalue weighted by Crippen LogP contribution is -2.21. The van der Waals surface area contributed by atoms with Crippen molar-refractivity contribution < 1.29 is 14.3 Å². The van der Waals surface area contributed by atoms with E-state index in [-0.39, 0.29) is 18.4 Å². The van der Waals surface area contributed by atoms with Crippen LogP contribution in [0.1, 0.15) is 33.6 Å². The first-order valence-corrected chi connectivity index (χ1v) is 9.62. The van der Waals surface area contributed by atoms with Gasteiger partial charge in [-0.2, -0.15) is 0 Å². The maximum absolute atomic E-state index is 12.2. The summed E-state index contributed by atoms with van der Waals surface area (Å²) in [7, 11) is 0. The van der Waals surface area contributed by atoms with Gasteiger partial charge in [-0.25, -0.2) is 0 Å². The minimum atomic E-state index is -0.165. The van der Waals surface area contributed by atoms with Gasteiger partial charge in [0.25, 0.3) is 0 Å². The van der Waals surface area contributed by atoms with E-state index in [0.717, 1.165) is 17.9 Å². The minimum absolute atomic E-state index is 0.0167. The van der Waals surface area contributed by atoms with Crippen LogP contribution in [0.15, 0.2) is 48.5 Å². The quantitative estimate of drug-likeness (QED) is 0.564. The molecule has 6 nitrogen and oxygen atoms in total. The molecule has 2 aromatic rings. The van der Waals surface area contributed by atoms with Crippen LogP contribution in [0.25, 0.3) is 0 Å². The molecule has 2 amide bonds. The summed E-state index contributed by atoms with van der Waals surface area (Å²) in [6, 6.07) is 14.7. The lowest BCUT2D eigenvalue weighted by Gasteiger charge is -2.12. The molecule has 0 aromatic heterocycles. The highest BCUT2D eigenvalue weighted by Gasteiger charge is 2.06. The molecular formula is C22H29N3O3. The molecule has 0 spiro atoms. The number of carbonyl (C=O) groups is 2. The first-order chi connectivity index (χ1) is 13.5. The Hall–Kier alpha value is -3.02. The molecule has 0 atom stereocenters. The van der Waals surface area contributed by atoms with Crippen molar-refractivity contribution in [2.24, 2.45) is 5.92 Å². The zero-order valence-corrected chi connectivity index (χ0v) is 16.7. The van der Waals surface area contributed by atoms with Crippen LogP contribution in [-0.4, -0.2) is 25.0 Å². The molecule has 6 heteroatoms. The normalized spacial score (nSPS) is 10.4. The van der Waals surface area contributed by atoms with Crippen LogP contribution in [0.5, 0.6) is 5.75 Å². The predicted molar refractivity (Wildman–Crippen MR) is 114 cm³/mol. The van der Waals surface area contributed by atoms with E-state index in [4.69, 9.17) is 4.74 Å². The molecule has 28 heavy (non-hydrogen) atoms. The van der Waals surface area contributed by atoms with Crippen LogP contribution < -0.4 is 20.7 Å². The molecule has 0 saturated carbocycles. The molecule has 0 aliphatic rings. The Morgan fingerprint density at radius 2 is 1.57 bits per heavy atom. The average molecular weight is 383 g/mol. The average Bonchev–Trinajstić information content (AvgIpc) is 2.65. The molecule has 0 aliphatic heterocycles. The number of hydrogen-bond donors (Lipinski definition) is 3. The second-order valence-electron chi connectivity index (χ2n) is 7.01. The molecule has 0 aliphatic carbocycles. The van der Waals surface area contributed by atoms with Crippen molar-refractivity contribution in [3.8, 4) is 5.75 Å². The van der Waals surface area contributed by atoms with Crippen molar-refractivity contribution in [1.29, 1.82) is 0 Å². The van der Waals surface area contributed by atoms with Gasteiger partial charge >= 0.3 is 0 Å². The summed E-state index contributed by atoms with van der Waals surface area (Å²) >= 11 is 0. The second kappa shape index (κ2) is 11.0. The third-order valence-corrected chi connectivity index (χ3v) is 3.78. The minimum Gasteiger partial charge on any atom is -0.493 e. The molecule has 0 saturated heterocycles. The van der Waals surface area contributed by atoms with Gasteiger partial charge in [0.1, 0.15) is 5.75 Å². The first kappa shape index (κ1) is 21.3. The summed E-state index contributed by atoms with van der Waals surface area (Å²) in [5.41, 5.74) is 2.16. The standard InChI is InChI=1S/C22H29N3O3/c1-4-7-21(26)24-18-9-5-8-17(12-18)23-14-22(27)25-19-10-6-11-20(13-19)28-15-16(2)3/h5-6,8-13,16,23H,4,7,14-15H2,1-3H3,(H,24,26)(H,25,27). The second-order valence-corrected chi connectivity index (χ2v) is 7.01. The molecule has 2 rings (SSSR count). The van der Waals surface area contributed by atoms with Gasteiger partial charge < -0.3 is 20.7 Å². The molecule has 0 fully saturated rings. The van der Waals surface area contributed by atoms with Crippen LogP contribution in [0.4, 0.5) is 17.1 Å². The Labute approximate surface area is 166 Å². The fourth-order valence-corrected chi connectivity index (χ4v) is 2.47. The Morgan fingerprint density at radius 3 is 2.29 bits per heavy atom. The highest BCUT2D eigenvalue weighted by Crippen LogP contribution is 2.18. The first-order valence-electron chi connectivity index (χ1n) is 9.62. The number of ether oxygens (including phenoxy) is 1. The third kappa shape index (κ3) is 7.70. The molecule has 0 heterocycles. The zero-order chi connectivity index (χ0) is 20.4. The Balaban J connectivity index is 1.85. The van der Waals surface area contributed by atoms with Gasteiger partial charge in [0.2, 0.25) is 11.8 Å². The highest BCUT2D eigenvalue weighted by atomic mass is 16.5. The van der Waals surface area contributed by atoms with Crippen molar-refractivity contribution in [1.82, 2.24) is 0 Å². The predicted octanol–water partition coefficient (Wildman–Crippen LogP) is 4.51. The summed E-state index contributed by atoms with van der Waals surface area (Å²) in [5.74, 6) is 0.985. The van der Waals surface area contributed by atoms with E-state index >= 15 is 0 Å². The van der Waals surface area contributed by atoms with Crippen molar-refractivity contribution >= 4 is 28.9 Å². The molecule has 0 bridgehead atoms. The summed E-state index contributed by atoms with van der Waals surface area (Å²) in [4.78, 5) is 23.9. The van der Waals surface area contributed by atoms with Crippen LogP contribution in [0, 0.1) is 5.92 Å². The van der Waals surface area contributed by atoms with Gasteiger partial charge in [0.05, 0.1) is 13.2 Å². The summed E-state index contributed by atoms with van der Waals surface area (Å²) in [6.45, 7) is 6.87. The van der Waals surface area contributed by atoms with Crippen molar-refractivity contribution in [3.05, 3.63) is 48.5 Å². The van der Waals surface area contributed by atoms with Crippen molar-refractivity contribution in [3.63, 3.8) is 0 Å². The number of hydrogen-bond acceptors (Lipinski definition) is 4. The van der Waals surface area contributed by atoms with E-state index in [0.29, 0.717) is 30.3 Å². The lowest BCUT2D eigenvalue weighted by molar-refractivity contribution is -0.116. The molecule has 3 N–H and O–H groups in total. The summed E-state index contributed by atoms with van der Waals surface area (Å²) < 4.78 is 5.68. The fourth-order valence-electron chi connectivity index (χ4n) is 2.47. The number of nitrogens with one attached hydrogen (secondary N) is 3. The van der Waals surface area contributed by atoms with Gasteiger partial charge in [-0.3, -0.25) is 9.59 Å². The number of amides is 2. The smallest absolute Gasteiger partial charge is 0.243 e. The Bertz CT molecular complexity index is 790. The van der Waals surface area contributed by atoms with Crippen LogP contribution in [0.3, 0.4) is 0 Å². The van der Waals surface area contributed by atoms with E-state index in [1.54, 1.807) is 6.07 Å². The molecule has 0 radical (unpaired) electrons. The van der Waals surface area contributed by atoms with E-state index in [2.05, 4.69) is 29.8 Å². The summed E-state index contributed by atoms with van der Waals surface area (Å²) in [5, 5.41) is 8.77. The number of anilines is 3. The van der Waals surface area contributed by atoms with Gasteiger partial charge in [0, 0.05) is 29.5 Å². The largest absolute Gasteiger partial charge is 0.493 e. The van der Waals surface area contributed by atoms with E-state index in [1.165, 1.54) is 0 Å². The van der Waals surface area contributed by atoms with E-state index in [1.807, 2.05) is 49.4 Å². The third-order valence-electron chi connectivity index (χ3n) is 3.78. The maximum Gasteiger partial charge on any atom is 0.243 e. The monoisotopic (exact) mass is 383 g/mol. The topological polar surface area (TPSA) is 79.5 Å². The highest BCUT2D eigenvalue weighted by molar-refractivity contribution is 5.94. The number of carbonyl (C=O) groups excluding carboxylic acids is 2. The summed E-state index contributed by atoms with van der Waals surface area (Å²) in [6.07, 6.45) is 1.29. The van der Waals surface area contributed by atoms with E-state index in [9.17, 15) is 9.59 Å². The van der Waals surface area contributed by atoms with Crippen molar-refractivity contribution in [2.45, 2.75) is 33.6 Å². The Kier molecular flexibility index (Phi) is 8.34. The van der Waals surface area contributed by atoms with E-state index < -0.39 is 0 Å². The molecule has 0 unspecified atom stereocenters. The SMILES string of the molecule is CCCC(=O)Nc1cccc(NCC(=O)Nc2cccc(OCC(C)C)c2)c1. The lowest BCUT2D eigenvalue weighted by atomic mass is 10.2. The van der Waals surface area contributed by atoms with Crippen LogP contribution >= 0.6 is 0 Å². The molecule has 2 aromatic carbocycles. The van der Waals surface area contributed by atoms with Gasteiger partial charge in [-0.1, -0.05) is 32.9 Å². The van der Waals surface area contributed by atoms with Crippen LogP contribution in [-0.2, 0) is 9.59 Å². The van der Waals surface area contributed by atoms with Gasteiger partial charge in [-0.05, 0) is 42.7 Å². The molecular weight excluding hydrogens is 354 g/mol. The fraction of sp³-hybridized carbons (Fsp3) is 0.364. The maximum atomic E-state index is 12.2. The van der Waals surface area contributed by atoms with Crippen molar-refractivity contribution in [2.75, 3.05) is 29.1 Å².